The van der Waals surface area contributed by atoms with Gasteiger partial charge in [-0.3, -0.25) is 9.59 Å². The van der Waals surface area contributed by atoms with E-state index in [4.69, 9.17) is 20.8 Å². The summed E-state index contributed by atoms with van der Waals surface area (Å²) in [6.07, 6.45) is 0. The lowest BCUT2D eigenvalue weighted by Crippen LogP contribution is -2.21. The third-order valence-electron chi connectivity index (χ3n) is 4.11. The van der Waals surface area contributed by atoms with E-state index in [1.807, 2.05) is 0 Å². The van der Waals surface area contributed by atoms with Crippen molar-refractivity contribution in [1.82, 2.24) is 5.32 Å². The zero-order chi connectivity index (χ0) is 16.8. The molecule has 2 heterocycles. The molecule has 0 spiro atoms. The van der Waals surface area contributed by atoms with Gasteiger partial charge in [-0.15, -0.1) is 0 Å². The van der Waals surface area contributed by atoms with E-state index in [9.17, 15) is 9.59 Å². The van der Waals surface area contributed by atoms with E-state index < -0.39 is 11.9 Å². The highest BCUT2D eigenvalue weighted by molar-refractivity contribution is 6.31. The minimum atomic E-state index is -0.557. The summed E-state index contributed by atoms with van der Waals surface area (Å²) in [6.45, 7) is 0. The van der Waals surface area contributed by atoms with Crippen molar-refractivity contribution < 1.29 is 13.9 Å². The Morgan fingerprint density at radius 2 is 1.88 bits per heavy atom. The van der Waals surface area contributed by atoms with Crippen molar-refractivity contribution in [3.05, 3.63) is 74.6 Å². The highest BCUT2D eigenvalue weighted by Gasteiger charge is 2.35. The predicted molar refractivity (Wildman–Crippen MR) is 89.8 cm³/mol. The average molecular weight is 342 g/mol. The maximum absolute atomic E-state index is 12.9. The van der Waals surface area contributed by atoms with Crippen molar-refractivity contribution in [3.63, 3.8) is 0 Å². The quantitative estimate of drug-likeness (QED) is 0.776. The van der Waals surface area contributed by atoms with Crippen LogP contribution < -0.4 is 15.5 Å². The van der Waals surface area contributed by atoms with Crippen LogP contribution in [0.5, 0.6) is 5.75 Å². The number of ether oxygens (including phenoxy) is 1. The second-order valence-electron chi connectivity index (χ2n) is 5.49. The maximum atomic E-state index is 12.9. The monoisotopic (exact) mass is 341 g/mol. The molecule has 0 bridgehead atoms. The lowest BCUT2D eigenvalue weighted by Gasteiger charge is -2.12. The number of halogens is 1. The van der Waals surface area contributed by atoms with Crippen molar-refractivity contribution in [2.75, 3.05) is 7.11 Å². The number of carbonyl (C=O) groups is 1. The highest BCUT2D eigenvalue weighted by atomic mass is 35.5. The van der Waals surface area contributed by atoms with Crippen molar-refractivity contribution in [2.45, 2.75) is 6.04 Å². The van der Waals surface area contributed by atoms with Crippen LogP contribution in [-0.2, 0) is 0 Å². The lowest BCUT2D eigenvalue weighted by atomic mass is 9.99. The topological polar surface area (TPSA) is 68.5 Å². The molecule has 4 rings (SSSR count). The zero-order valence-electron chi connectivity index (χ0n) is 12.6. The zero-order valence-corrected chi connectivity index (χ0v) is 13.4. The summed E-state index contributed by atoms with van der Waals surface area (Å²) in [4.78, 5) is 25.1. The molecular weight excluding hydrogens is 330 g/mol. The Labute approximate surface area is 141 Å². The number of benzene rings is 2. The molecule has 0 saturated carbocycles. The Kier molecular flexibility index (Phi) is 3.32. The van der Waals surface area contributed by atoms with Gasteiger partial charge >= 0.3 is 0 Å². The maximum Gasteiger partial charge on any atom is 0.288 e. The molecule has 1 N–H and O–H groups in total. The van der Waals surface area contributed by atoms with Gasteiger partial charge in [0.25, 0.3) is 5.91 Å². The Morgan fingerprint density at radius 1 is 1.12 bits per heavy atom. The van der Waals surface area contributed by atoms with Crippen LogP contribution in [0.15, 0.2) is 51.7 Å². The molecule has 1 amide bonds. The third-order valence-corrected chi connectivity index (χ3v) is 4.34. The van der Waals surface area contributed by atoms with E-state index in [-0.39, 0.29) is 11.2 Å². The number of nitrogens with one attached hydrogen (secondary N) is 1. The average Bonchev–Trinajstić information content (AvgIpc) is 2.93. The number of fused-ring (bicyclic) bond motifs is 2. The number of hydrogen-bond acceptors (Lipinski definition) is 4. The standard InChI is InChI=1S/C18H12ClNO4/c1-23-11-5-2-9(3-6-11)15-14-16(21)12-8-10(19)4-7-13(12)24-17(14)18(22)20-15/h2-8,15H,1H3,(H,20,22). The molecular formula is C18H12ClNO4. The number of hydrogen-bond donors (Lipinski definition) is 1. The van der Waals surface area contributed by atoms with Gasteiger partial charge < -0.3 is 14.5 Å². The van der Waals surface area contributed by atoms with Crippen LogP contribution in [0.4, 0.5) is 0 Å². The summed E-state index contributed by atoms with van der Waals surface area (Å²) in [5, 5.41) is 3.59. The van der Waals surface area contributed by atoms with Gasteiger partial charge in [0.2, 0.25) is 5.76 Å². The largest absolute Gasteiger partial charge is 0.497 e. The van der Waals surface area contributed by atoms with Gasteiger partial charge in [0.15, 0.2) is 5.43 Å². The summed E-state index contributed by atoms with van der Waals surface area (Å²) in [5.41, 5.74) is 1.16. The number of carbonyl (C=O) groups excluding carboxylic acids is 1. The van der Waals surface area contributed by atoms with E-state index in [2.05, 4.69) is 5.32 Å². The van der Waals surface area contributed by atoms with Crippen molar-refractivity contribution in [3.8, 4) is 5.75 Å². The van der Waals surface area contributed by atoms with E-state index in [1.54, 1.807) is 49.6 Å². The first-order chi connectivity index (χ1) is 11.6. The fraction of sp³-hybridized carbons (Fsp3) is 0.111. The summed E-state index contributed by atoms with van der Waals surface area (Å²) < 4.78 is 10.8. The van der Waals surface area contributed by atoms with Crippen LogP contribution in [0.1, 0.15) is 27.7 Å². The van der Waals surface area contributed by atoms with Crippen LogP contribution in [0.25, 0.3) is 11.0 Å². The molecule has 24 heavy (non-hydrogen) atoms. The molecule has 0 aliphatic carbocycles. The van der Waals surface area contributed by atoms with Gasteiger partial charge in [-0.2, -0.15) is 0 Å². The third kappa shape index (κ3) is 2.17. The van der Waals surface area contributed by atoms with Gasteiger partial charge in [0.05, 0.1) is 24.1 Å². The first-order valence-electron chi connectivity index (χ1n) is 7.29. The van der Waals surface area contributed by atoms with Crippen LogP contribution in [0, 0.1) is 0 Å². The van der Waals surface area contributed by atoms with Crippen molar-refractivity contribution in [1.29, 1.82) is 0 Å². The Hall–Kier alpha value is -2.79. The molecule has 5 nitrogen and oxygen atoms in total. The molecule has 1 aromatic heterocycles. The Balaban J connectivity index is 1.93. The molecule has 2 aromatic carbocycles. The smallest absolute Gasteiger partial charge is 0.288 e. The lowest BCUT2D eigenvalue weighted by molar-refractivity contribution is 0.0938. The predicted octanol–water partition coefficient (Wildman–Crippen LogP) is 3.29. The molecule has 120 valence electrons. The number of amides is 1. The molecule has 1 atom stereocenters. The van der Waals surface area contributed by atoms with E-state index >= 15 is 0 Å². The van der Waals surface area contributed by atoms with Crippen LogP contribution in [0.3, 0.4) is 0 Å². The highest BCUT2D eigenvalue weighted by Crippen LogP contribution is 2.32. The fourth-order valence-electron chi connectivity index (χ4n) is 2.93. The van der Waals surface area contributed by atoms with Gasteiger partial charge in [-0.1, -0.05) is 23.7 Å². The molecule has 0 radical (unpaired) electrons. The van der Waals surface area contributed by atoms with Crippen molar-refractivity contribution in [2.24, 2.45) is 0 Å². The van der Waals surface area contributed by atoms with Gasteiger partial charge in [0, 0.05) is 5.02 Å². The molecule has 1 aliphatic rings. The Bertz CT molecular complexity index is 1020. The number of rotatable bonds is 2. The minimum absolute atomic E-state index is 0.0515. The number of methoxy groups -OCH3 is 1. The van der Waals surface area contributed by atoms with E-state index in [1.165, 1.54) is 0 Å². The summed E-state index contributed by atoms with van der Waals surface area (Å²) in [6, 6.07) is 11.4. The van der Waals surface area contributed by atoms with Crippen LogP contribution >= 0.6 is 11.6 Å². The summed E-state index contributed by atoms with van der Waals surface area (Å²) >= 11 is 5.98. The Morgan fingerprint density at radius 3 is 2.58 bits per heavy atom. The van der Waals surface area contributed by atoms with Crippen molar-refractivity contribution >= 4 is 28.5 Å². The fourth-order valence-corrected chi connectivity index (χ4v) is 3.10. The van der Waals surface area contributed by atoms with E-state index in [0.717, 1.165) is 5.56 Å². The molecule has 6 heteroatoms. The second-order valence-corrected chi connectivity index (χ2v) is 5.93. The van der Waals surface area contributed by atoms with Crippen LogP contribution in [0.2, 0.25) is 5.02 Å². The second kappa shape index (κ2) is 5.39. The van der Waals surface area contributed by atoms with Crippen LogP contribution in [-0.4, -0.2) is 13.0 Å². The molecule has 1 aliphatic heterocycles. The SMILES string of the molecule is COc1ccc(C2NC(=O)c3oc4ccc(Cl)cc4c(=O)c32)cc1. The summed E-state index contributed by atoms with van der Waals surface area (Å²) in [7, 11) is 1.58. The van der Waals surface area contributed by atoms with E-state index in [0.29, 0.717) is 27.3 Å². The minimum Gasteiger partial charge on any atom is -0.497 e. The molecule has 0 fully saturated rings. The molecule has 0 saturated heterocycles. The first kappa shape index (κ1) is 14.8. The molecule has 3 aromatic rings. The first-order valence-corrected chi connectivity index (χ1v) is 7.67. The molecule has 1 unspecified atom stereocenters. The van der Waals surface area contributed by atoms with Gasteiger partial charge in [-0.05, 0) is 35.9 Å². The van der Waals surface area contributed by atoms with Gasteiger partial charge in [-0.25, -0.2) is 0 Å². The summed E-state index contributed by atoms with van der Waals surface area (Å²) in [5.74, 6) is 0.344. The van der Waals surface area contributed by atoms with Gasteiger partial charge in [0.1, 0.15) is 11.3 Å². The normalized spacial score (nSPS) is 16.1.